The predicted octanol–water partition coefficient (Wildman–Crippen LogP) is 2.37. The van der Waals surface area contributed by atoms with Crippen LogP contribution in [0.4, 0.5) is 0 Å². The number of imidazole rings is 1. The minimum absolute atomic E-state index is 0.509. The van der Waals surface area contributed by atoms with Gasteiger partial charge in [-0.15, -0.1) is 0 Å². The molecule has 0 atom stereocenters. The number of rotatable bonds is 1. The Balaban J connectivity index is 2.26. The number of pyridine rings is 1. The maximum Gasteiger partial charge on any atom is 0.145 e. The van der Waals surface area contributed by atoms with E-state index in [0.717, 1.165) is 21.4 Å². The maximum absolute atomic E-state index is 8.99. The van der Waals surface area contributed by atoms with E-state index in [4.69, 9.17) is 5.26 Å². The SMILES string of the molecule is Cn1cc(-c2cc(Br)n3c(C#N)cnc3c2)cn1. The summed E-state index contributed by atoms with van der Waals surface area (Å²) in [6.45, 7) is 0. The summed E-state index contributed by atoms with van der Waals surface area (Å²) in [4.78, 5) is 4.23. The van der Waals surface area contributed by atoms with Gasteiger partial charge in [0.1, 0.15) is 17.4 Å². The van der Waals surface area contributed by atoms with E-state index in [-0.39, 0.29) is 0 Å². The van der Waals surface area contributed by atoms with Crippen molar-refractivity contribution in [3.8, 4) is 17.2 Å². The number of halogens is 1. The van der Waals surface area contributed by atoms with Gasteiger partial charge in [-0.1, -0.05) is 0 Å². The van der Waals surface area contributed by atoms with Crippen molar-refractivity contribution < 1.29 is 0 Å². The number of aryl methyl sites for hydroxylation is 1. The number of aromatic nitrogens is 4. The van der Waals surface area contributed by atoms with E-state index in [2.05, 4.69) is 32.1 Å². The first-order chi connectivity index (χ1) is 8.69. The number of fused-ring (bicyclic) bond motifs is 1. The van der Waals surface area contributed by atoms with Crippen LogP contribution in [0, 0.1) is 11.3 Å². The standard InChI is InChI=1S/C12H8BrN5/c1-17-7-9(5-16-17)8-2-11(13)18-10(4-14)6-15-12(18)3-8/h2-3,5-7H,1H3. The number of nitriles is 1. The third-order valence-corrected chi connectivity index (χ3v) is 3.30. The lowest BCUT2D eigenvalue weighted by molar-refractivity contribution is 0.768. The molecule has 0 unspecified atom stereocenters. The molecule has 0 spiro atoms. The second kappa shape index (κ2) is 3.96. The Morgan fingerprint density at radius 2 is 2.11 bits per heavy atom. The van der Waals surface area contributed by atoms with Crippen molar-refractivity contribution in [1.82, 2.24) is 19.2 Å². The number of hydrogen-bond acceptors (Lipinski definition) is 3. The highest BCUT2D eigenvalue weighted by atomic mass is 79.9. The summed E-state index contributed by atoms with van der Waals surface area (Å²) in [6.07, 6.45) is 5.30. The van der Waals surface area contributed by atoms with Gasteiger partial charge in [0.2, 0.25) is 0 Å². The molecule has 0 saturated carbocycles. The summed E-state index contributed by atoms with van der Waals surface area (Å²) >= 11 is 3.47. The first-order valence-electron chi connectivity index (χ1n) is 5.25. The molecule has 0 fully saturated rings. The lowest BCUT2D eigenvalue weighted by Gasteiger charge is -2.03. The van der Waals surface area contributed by atoms with E-state index >= 15 is 0 Å². The highest BCUT2D eigenvalue weighted by molar-refractivity contribution is 9.10. The minimum Gasteiger partial charge on any atom is -0.278 e. The molecule has 0 saturated heterocycles. The predicted molar refractivity (Wildman–Crippen MR) is 69.8 cm³/mol. The molecular formula is C12H8BrN5. The molecule has 0 radical (unpaired) electrons. The van der Waals surface area contributed by atoms with Crippen LogP contribution in [0.2, 0.25) is 0 Å². The van der Waals surface area contributed by atoms with E-state index in [1.165, 1.54) is 0 Å². The van der Waals surface area contributed by atoms with Crippen LogP contribution in [-0.4, -0.2) is 19.2 Å². The Labute approximate surface area is 111 Å². The Morgan fingerprint density at radius 3 is 2.78 bits per heavy atom. The lowest BCUT2D eigenvalue weighted by Crippen LogP contribution is -1.91. The van der Waals surface area contributed by atoms with Gasteiger partial charge < -0.3 is 0 Å². The molecule has 5 nitrogen and oxygen atoms in total. The van der Waals surface area contributed by atoms with E-state index in [1.54, 1.807) is 21.5 Å². The first kappa shape index (κ1) is 11.0. The van der Waals surface area contributed by atoms with Gasteiger partial charge in [-0.2, -0.15) is 10.4 Å². The molecule has 0 N–H and O–H groups in total. The smallest absolute Gasteiger partial charge is 0.145 e. The molecule has 3 aromatic rings. The van der Waals surface area contributed by atoms with Gasteiger partial charge in [0.15, 0.2) is 0 Å². The monoisotopic (exact) mass is 301 g/mol. The second-order valence-electron chi connectivity index (χ2n) is 3.92. The third-order valence-electron chi connectivity index (χ3n) is 2.71. The van der Waals surface area contributed by atoms with Gasteiger partial charge in [0.05, 0.1) is 17.0 Å². The van der Waals surface area contributed by atoms with Crippen LogP contribution in [-0.2, 0) is 7.05 Å². The first-order valence-corrected chi connectivity index (χ1v) is 6.04. The van der Waals surface area contributed by atoms with Crippen molar-refractivity contribution in [1.29, 1.82) is 5.26 Å². The lowest BCUT2D eigenvalue weighted by atomic mass is 10.1. The second-order valence-corrected chi connectivity index (χ2v) is 4.73. The molecule has 0 bridgehead atoms. The van der Waals surface area contributed by atoms with Crippen LogP contribution in [0.5, 0.6) is 0 Å². The van der Waals surface area contributed by atoms with Crippen LogP contribution >= 0.6 is 15.9 Å². The van der Waals surface area contributed by atoms with Crippen LogP contribution in [0.15, 0.2) is 35.3 Å². The van der Waals surface area contributed by atoms with Gasteiger partial charge in [-0.3, -0.25) is 9.08 Å². The summed E-state index contributed by atoms with van der Waals surface area (Å²) in [5.41, 5.74) is 3.27. The molecule has 6 heteroatoms. The highest BCUT2D eigenvalue weighted by Crippen LogP contribution is 2.25. The van der Waals surface area contributed by atoms with Crippen molar-refractivity contribution in [3.63, 3.8) is 0 Å². The topological polar surface area (TPSA) is 58.9 Å². The van der Waals surface area contributed by atoms with E-state index < -0.39 is 0 Å². The zero-order chi connectivity index (χ0) is 12.7. The number of hydrogen-bond donors (Lipinski definition) is 0. The molecule has 0 aliphatic carbocycles. The van der Waals surface area contributed by atoms with Gasteiger partial charge in [-0.25, -0.2) is 4.98 Å². The van der Waals surface area contributed by atoms with Gasteiger partial charge in [0, 0.05) is 18.8 Å². The van der Waals surface area contributed by atoms with Crippen molar-refractivity contribution in [3.05, 3.63) is 41.0 Å². The molecule has 3 aromatic heterocycles. The van der Waals surface area contributed by atoms with Gasteiger partial charge in [0.25, 0.3) is 0 Å². The van der Waals surface area contributed by atoms with Gasteiger partial charge in [-0.05, 0) is 33.6 Å². The number of nitrogens with zero attached hydrogens (tertiary/aromatic N) is 5. The fourth-order valence-corrected chi connectivity index (χ4v) is 2.50. The fraction of sp³-hybridized carbons (Fsp3) is 0.0833. The maximum atomic E-state index is 8.99. The average molecular weight is 302 g/mol. The molecule has 3 rings (SSSR count). The summed E-state index contributed by atoms with van der Waals surface area (Å²) in [6, 6.07) is 5.99. The summed E-state index contributed by atoms with van der Waals surface area (Å²) in [5, 5.41) is 13.1. The van der Waals surface area contributed by atoms with E-state index in [9.17, 15) is 0 Å². The molecule has 3 heterocycles. The summed E-state index contributed by atoms with van der Waals surface area (Å²) < 4.78 is 4.31. The Hall–Kier alpha value is -2.13. The van der Waals surface area contributed by atoms with Crippen molar-refractivity contribution in [2.45, 2.75) is 0 Å². The van der Waals surface area contributed by atoms with E-state index in [1.807, 2.05) is 25.4 Å². The van der Waals surface area contributed by atoms with Gasteiger partial charge >= 0.3 is 0 Å². The normalized spacial score (nSPS) is 10.7. The fourth-order valence-electron chi connectivity index (χ4n) is 1.88. The molecule has 0 aliphatic rings. The molecular weight excluding hydrogens is 294 g/mol. The Kier molecular flexibility index (Phi) is 2.42. The molecule has 18 heavy (non-hydrogen) atoms. The Morgan fingerprint density at radius 1 is 1.28 bits per heavy atom. The van der Waals surface area contributed by atoms with Crippen LogP contribution in [0.1, 0.15) is 5.69 Å². The highest BCUT2D eigenvalue weighted by Gasteiger charge is 2.09. The molecule has 0 aromatic carbocycles. The molecule has 88 valence electrons. The van der Waals surface area contributed by atoms with Crippen LogP contribution < -0.4 is 0 Å². The van der Waals surface area contributed by atoms with Crippen molar-refractivity contribution >= 4 is 21.6 Å². The Bertz CT molecular complexity index is 777. The van der Waals surface area contributed by atoms with E-state index in [0.29, 0.717) is 5.69 Å². The minimum atomic E-state index is 0.509. The zero-order valence-corrected chi connectivity index (χ0v) is 11.1. The summed E-state index contributed by atoms with van der Waals surface area (Å²) in [5.74, 6) is 0. The third kappa shape index (κ3) is 1.60. The molecule has 0 aliphatic heterocycles. The summed E-state index contributed by atoms with van der Waals surface area (Å²) in [7, 11) is 1.88. The average Bonchev–Trinajstić information content (AvgIpc) is 2.95. The van der Waals surface area contributed by atoms with Crippen LogP contribution in [0.25, 0.3) is 16.8 Å². The van der Waals surface area contributed by atoms with Crippen molar-refractivity contribution in [2.24, 2.45) is 7.05 Å². The van der Waals surface area contributed by atoms with Crippen molar-refractivity contribution in [2.75, 3.05) is 0 Å². The largest absolute Gasteiger partial charge is 0.278 e. The zero-order valence-electron chi connectivity index (χ0n) is 9.50. The molecule has 0 amide bonds. The van der Waals surface area contributed by atoms with Crippen LogP contribution in [0.3, 0.4) is 0 Å². The quantitative estimate of drug-likeness (QED) is 0.648.